The van der Waals surface area contributed by atoms with Gasteiger partial charge in [-0.15, -0.1) is 0 Å². The summed E-state index contributed by atoms with van der Waals surface area (Å²) in [4.78, 5) is 21.9. The molecule has 27 heavy (non-hydrogen) atoms. The quantitative estimate of drug-likeness (QED) is 0.896. The predicted octanol–water partition coefficient (Wildman–Crippen LogP) is 3.83. The number of carbonyl (C=O) groups excluding carboxylic acids is 1. The molecule has 2 aliphatic rings. The van der Waals surface area contributed by atoms with Gasteiger partial charge in [0, 0.05) is 42.6 Å². The first-order chi connectivity index (χ1) is 13.0. The minimum atomic E-state index is 0.101. The van der Waals surface area contributed by atoms with Gasteiger partial charge in [-0.25, -0.2) is 4.98 Å². The molecule has 5 heteroatoms. The number of carbonyl (C=O) groups is 1. The molecule has 1 amide bonds. The van der Waals surface area contributed by atoms with Gasteiger partial charge >= 0.3 is 0 Å². The van der Waals surface area contributed by atoms with E-state index in [2.05, 4.69) is 22.2 Å². The van der Waals surface area contributed by atoms with Gasteiger partial charge in [-0.3, -0.25) is 4.79 Å². The van der Waals surface area contributed by atoms with Crippen molar-refractivity contribution in [2.75, 3.05) is 19.4 Å². The van der Waals surface area contributed by atoms with Crippen LogP contribution in [0.1, 0.15) is 41.6 Å². The number of pyridine rings is 1. The molecule has 4 rings (SSSR count). The summed E-state index contributed by atoms with van der Waals surface area (Å²) in [5.41, 5.74) is 2.73. The van der Waals surface area contributed by atoms with Gasteiger partial charge in [-0.2, -0.15) is 0 Å². The monoisotopic (exact) mass is 364 g/mol. The van der Waals surface area contributed by atoms with Crippen molar-refractivity contribution in [2.45, 2.75) is 50.7 Å². The summed E-state index contributed by atoms with van der Waals surface area (Å²) in [6, 6.07) is 13.3. The van der Waals surface area contributed by atoms with Crippen LogP contribution in [0.15, 0.2) is 42.6 Å². The summed E-state index contributed by atoms with van der Waals surface area (Å²) in [5.74, 6) is 0.884. The Morgan fingerprint density at radius 3 is 2.59 bits per heavy atom. The molecule has 2 saturated heterocycles. The minimum absolute atomic E-state index is 0.101. The molecule has 2 fully saturated rings. The van der Waals surface area contributed by atoms with E-state index in [0.717, 1.165) is 35.5 Å². The zero-order chi connectivity index (χ0) is 19.0. The Morgan fingerprint density at radius 1 is 1.19 bits per heavy atom. The Hall–Kier alpha value is -2.40. The Morgan fingerprint density at radius 2 is 1.93 bits per heavy atom. The van der Waals surface area contributed by atoms with Crippen molar-refractivity contribution in [1.82, 2.24) is 14.8 Å². The zero-order valence-corrected chi connectivity index (χ0v) is 16.4. The van der Waals surface area contributed by atoms with Crippen LogP contribution in [0.2, 0.25) is 0 Å². The van der Waals surface area contributed by atoms with Crippen LogP contribution in [0.3, 0.4) is 0 Å². The van der Waals surface area contributed by atoms with Crippen LogP contribution in [0, 0.1) is 6.92 Å². The van der Waals surface area contributed by atoms with E-state index >= 15 is 0 Å². The summed E-state index contributed by atoms with van der Waals surface area (Å²) < 4.78 is 0. The SMILES string of the molecule is Cc1ccc(Nc2cccc(C(=O)N(C)C3CC4CCC(C3)N4C)c2)nc1. The molecule has 1 N–H and O–H groups in total. The maximum atomic E-state index is 13.1. The smallest absolute Gasteiger partial charge is 0.253 e. The molecule has 5 nitrogen and oxygen atoms in total. The highest BCUT2D eigenvalue weighted by molar-refractivity contribution is 5.95. The number of piperidine rings is 1. The summed E-state index contributed by atoms with van der Waals surface area (Å²) >= 11 is 0. The Kier molecular flexibility index (Phi) is 4.87. The first-order valence-corrected chi connectivity index (χ1v) is 9.80. The normalized spacial score (nSPS) is 24.6. The summed E-state index contributed by atoms with van der Waals surface area (Å²) in [6.45, 7) is 2.02. The van der Waals surface area contributed by atoms with Crippen molar-refractivity contribution in [1.29, 1.82) is 0 Å². The third-order valence-electron chi connectivity index (χ3n) is 6.23. The van der Waals surface area contributed by atoms with E-state index in [9.17, 15) is 4.79 Å². The fraction of sp³-hybridized carbons (Fsp3) is 0.455. The molecule has 0 spiro atoms. The van der Waals surface area contributed by atoms with Gasteiger partial charge in [-0.1, -0.05) is 12.1 Å². The number of hydrogen-bond donors (Lipinski definition) is 1. The lowest BCUT2D eigenvalue weighted by molar-refractivity contribution is 0.0563. The van der Waals surface area contributed by atoms with Gasteiger partial charge in [0.1, 0.15) is 5.82 Å². The van der Waals surface area contributed by atoms with Crippen LogP contribution in [-0.2, 0) is 0 Å². The Balaban J connectivity index is 1.46. The lowest BCUT2D eigenvalue weighted by atomic mass is 9.96. The fourth-order valence-corrected chi connectivity index (χ4v) is 4.49. The van der Waals surface area contributed by atoms with E-state index in [4.69, 9.17) is 0 Å². The molecule has 142 valence electrons. The Labute approximate surface area is 161 Å². The third kappa shape index (κ3) is 3.69. The number of aromatic nitrogens is 1. The molecule has 0 saturated carbocycles. The molecule has 2 aliphatic heterocycles. The Bertz CT molecular complexity index is 805. The van der Waals surface area contributed by atoms with Gasteiger partial charge in [0.05, 0.1) is 0 Å². The van der Waals surface area contributed by atoms with Crippen molar-refractivity contribution >= 4 is 17.4 Å². The predicted molar refractivity (Wildman–Crippen MR) is 108 cm³/mol. The van der Waals surface area contributed by atoms with Gasteiger partial charge in [0.25, 0.3) is 5.91 Å². The number of benzene rings is 1. The fourth-order valence-electron chi connectivity index (χ4n) is 4.49. The lowest BCUT2D eigenvalue weighted by Crippen LogP contribution is -2.49. The first kappa shape index (κ1) is 18.0. The number of anilines is 2. The number of amides is 1. The molecule has 2 bridgehead atoms. The second-order valence-corrected chi connectivity index (χ2v) is 8.02. The van der Waals surface area contributed by atoms with E-state index in [1.54, 1.807) is 0 Å². The molecule has 1 aromatic carbocycles. The number of rotatable bonds is 4. The second kappa shape index (κ2) is 7.31. The number of hydrogen-bond acceptors (Lipinski definition) is 4. The molecular weight excluding hydrogens is 336 g/mol. The highest BCUT2D eigenvalue weighted by Crippen LogP contribution is 2.36. The van der Waals surface area contributed by atoms with E-state index in [1.165, 1.54) is 12.8 Å². The number of aryl methyl sites for hydroxylation is 1. The number of fused-ring (bicyclic) bond motifs is 2. The van der Waals surface area contributed by atoms with Crippen molar-refractivity contribution in [3.63, 3.8) is 0 Å². The second-order valence-electron chi connectivity index (χ2n) is 8.02. The molecule has 2 unspecified atom stereocenters. The molecule has 2 aromatic rings. The van der Waals surface area contributed by atoms with E-state index in [1.807, 2.05) is 61.5 Å². The largest absolute Gasteiger partial charge is 0.340 e. The standard InChI is InChI=1S/C22H28N4O/c1-15-7-10-21(23-14-15)24-17-6-4-5-16(11-17)22(27)26(3)20-12-18-8-9-19(13-20)25(18)2/h4-7,10-11,14,18-20H,8-9,12-13H2,1-3H3,(H,23,24). The van der Waals surface area contributed by atoms with Crippen molar-refractivity contribution in [3.8, 4) is 0 Å². The number of nitrogens with one attached hydrogen (secondary N) is 1. The highest BCUT2D eigenvalue weighted by atomic mass is 16.2. The molecule has 3 heterocycles. The van der Waals surface area contributed by atoms with Gasteiger partial charge in [-0.05, 0) is 69.5 Å². The zero-order valence-electron chi connectivity index (χ0n) is 16.4. The molecular formula is C22H28N4O. The average molecular weight is 364 g/mol. The number of nitrogens with zero attached hydrogens (tertiary/aromatic N) is 3. The summed E-state index contributed by atoms with van der Waals surface area (Å²) in [5, 5.41) is 3.29. The van der Waals surface area contributed by atoms with Crippen LogP contribution in [0.4, 0.5) is 11.5 Å². The van der Waals surface area contributed by atoms with Gasteiger partial charge in [0.15, 0.2) is 0 Å². The van der Waals surface area contributed by atoms with E-state index in [-0.39, 0.29) is 5.91 Å². The van der Waals surface area contributed by atoms with Crippen molar-refractivity contribution in [2.24, 2.45) is 0 Å². The van der Waals surface area contributed by atoms with Gasteiger partial charge < -0.3 is 15.1 Å². The van der Waals surface area contributed by atoms with Crippen LogP contribution >= 0.6 is 0 Å². The minimum Gasteiger partial charge on any atom is -0.340 e. The summed E-state index contributed by atoms with van der Waals surface area (Å²) in [7, 11) is 4.19. The molecule has 2 atom stereocenters. The van der Waals surface area contributed by atoms with E-state index in [0.29, 0.717) is 18.1 Å². The summed E-state index contributed by atoms with van der Waals surface area (Å²) in [6.07, 6.45) is 6.53. The lowest BCUT2D eigenvalue weighted by Gasteiger charge is -2.40. The van der Waals surface area contributed by atoms with Crippen molar-refractivity contribution < 1.29 is 4.79 Å². The average Bonchev–Trinajstić information content (AvgIpc) is 2.89. The highest BCUT2D eigenvalue weighted by Gasteiger charge is 2.40. The van der Waals surface area contributed by atoms with Crippen LogP contribution in [0.25, 0.3) is 0 Å². The van der Waals surface area contributed by atoms with Crippen LogP contribution in [-0.4, -0.2) is 52.9 Å². The molecule has 0 radical (unpaired) electrons. The molecule has 1 aromatic heterocycles. The van der Waals surface area contributed by atoms with Crippen LogP contribution < -0.4 is 5.32 Å². The maximum absolute atomic E-state index is 13.1. The van der Waals surface area contributed by atoms with Gasteiger partial charge in [0.2, 0.25) is 0 Å². The van der Waals surface area contributed by atoms with Crippen LogP contribution in [0.5, 0.6) is 0 Å². The maximum Gasteiger partial charge on any atom is 0.253 e. The third-order valence-corrected chi connectivity index (χ3v) is 6.23. The topological polar surface area (TPSA) is 48.5 Å². The first-order valence-electron chi connectivity index (χ1n) is 9.80. The van der Waals surface area contributed by atoms with E-state index < -0.39 is 0 Å². The molecule has 0 aliphatic carbocycles. The van der Waals surface area contributed by atoms with Crippen molar-refractivity contribution in [3.05, 3.63) is 53.7 Å².